The molecule has 1 aromatic carbocycles. The van der Waals surface area contributed by atoms with Crippen LogP contribution in [-0.2, 0) is 6.54 Å². The van der Waals surface area contributed by atoms with Crippen LogP contribution in [0.15, 0.2) is 36.4 Å². The maximum absolute atomic E-state index is 12.4. The molecule has 106 valence electrons. The number of aromatic nitrogens is 1. The van der Waals surface area contributed by atoms with Crippen molar-refractivity contribution in [3.05, 3.63) is 47.2 Å². The van der Waals surface area contributed by atoms with E-state index in [1.54, 1.807) is 18.2 Å². The molecule has 0 radical (unpaired) electrons. The first-order valence-electron chi connectivity index (χ1n) is 5.61. The predicted molar refractivity (Wildman–Crippen MR) is 69.3 cm³/mol. The highest BCUT2D eigenvalue weighted by atomic mass is 35.5. The number of halogens is 4. The van der Waals surface area contributed by atoms with Crippen LogP contribution in [0.1, 0.15) is 5.69 Å². The molecule has 2 rings (SSSR count). The van der Waals surface area contributed by atoms with Crippen LogP contribution >= 0.6 is 11.6 Å². The maximum Gasteiger partial charge on any atom is 0.573 e. The SMILES string of the molecule is NCc1ccc(-c2ccccc2OC(F)(F)F)c(Cl)n1. The van der Waals surface area contributed by atoms with E-state index in [0.717, 1.165) is 0 Å². The third kappa shape index (κ3) is 3.40. The first-order valence-corrected chi connectivity index (χ1v) is 5.99. The normalized spacial score (nSPS) is 11.4. The molecule has 0 aliphatic heterocycles. The average Bonchev–Trinajstić information content (AvgIpc) is 2.38. The van der Waals surface area contributed by atoms with Crippen molar-refractivity contribution in [3.8, 4) is 16.9 Å². The summed E-state index contributed by atoms with van der Waals surface area (Å²) in [6.45, 7) is 0.195. The van der Waals surface area contributed by atoms with E-state index in [-0.39, 0.29) is 23.0 Å². The van der Waals surface area contributed by atoms with E-state index in [0.29, 0.717) is 11.3 Å². The van der Waals surface area contributed by atoms with E-state index in [1.807, 2.05) is 0 Å². The summed E-state index contributed by atoms with van der Waals surface area (Å²) < 4.78 is 41.1. The van der Waals surface area contributed by atoms with Gasteiger partial charge in [-0.25, -0.2) is 4.98 Å². The molecule has 0 aliphatic carbocycles. The van der Waals surface area contributed by atoms with Gasteiger partial charge in [0, 0.05) is 17.7 Å². The van der Waals surface area contributed by atoms with Crippen molar-refractivity contribution in [3.63, 3.8) is 0 Å². The number of ether oxygens (including phenoxy) is 1. The molecule has 0 amide bonds. The molecule has 0 aliphatic rings. The topological polar surface area (TPSA) is 48.1 Å². The minimum absolute atomic E-state index is 0.0752. The van der Waals surface area contributed by atoms with Gasteiger partial charge < -0.3 is 10.5 Å². The Morgan fingerprint density at radius 2 is 1.80 bits per heavy atom. The van der Waals surface area contributed by atoms with Gasteiger partial charge >= 0.3 is 6.36 Å². The van der Waals surface area contributed by atoms with Crippen LogP contribution in [0.3, 0.4) is 0 Å². The van der Waals surface area contributed by atoms with Crippen LogP contribution in [0.5, 0.6) is 5.75 Å². The number of nitrogens with two attached hydrogens (primary N) is 1. The standard InChI is InChI=1S/C13H10ClF3N2O/c14-12-10(6-5-8(7-18)19-12)9-3-1-2-4-11(9)20-13(15,16)17/h1-6H,7,18H2. The molecular formula is C13H10ClF3N2O. The van der Waals surface area contributed by atoms with E-state index in [4.69, 9.17) is 17.3 Å². The third-order valence-electron chi connectivity index (χ3n) is 2.52. The third-order valence-corrected chi connectivity index (χ3v) is 2.81. The molecule has 1 aromatic heterocycles. The summed E-state index contributed by atoms with van der Waals surface area (Å²) in [6, 6.07) is 8.90. The number of nitrogens with zero attached hydrogens (tertiary/aromatic N) is 1. The second-order valence-electron chi connectivity index (χ2n) is 3.89. The van der Waals surface area contributed by atoms with Crippen LogP contribution in [0.25, 0.3) is 11.1 Å². The fourth-order valence-corrected chi connectivity index (χ4v) is 1.96. The highest BCUT2D eigenvalue weighted by molar-refractivity contribution is 6.32. The van der Waals surface area contributed by atoms with Crippen molar-refractivity contribution in [2.45, 2.75) is 12.9 Å². The highest BCUT2D eigenvalue weighted by Crippen LogP contribution is 2.36. The average molecular weight is 303 g/mol. The van der Waals surface area contributed by atoms with Crippen molar-refractivity contribution in [2.75, 3.05) is 0 Å². The van der Waals surface area contributed by atoms with Crippen LogP contribution < -0.4 is 10.5 Å². The summed E-state index contributed by atoms with van der Waals surface area (Å²) in [5, 5.41) is 0.0752. The Balaban J connectivity index is 2.47. The number of alkyl halides is 3. The van der Waals surface area contributed by atoms with E-state index < -0.39 is 6.36 Å². The number of hydrogen-bond donors (Lipinski definition) is 1. The Morgan fingerprint density at radius 1 is 1.10 bits per heavy atom. The van der Waals surface area contributed by atoms with Gasteiger partial charge in [-0.05, 0) is 18.2 Å². The number of rotatable bonds is 3. The van der Waals surface area contributed by atoms with Gasteiger partial charge in [-0.1, -0.05) is 29.8 Å². The Kier molecular flexibility index (Phi) is 4.15. The van der Waals surface area contributed by atoms with Gasteiger partial charge in [-0.15, -0.1) is 13.2 Å². The van der Waals surface area contributed by atoms with Gasteiger partial charge in [0.2, 0.25) is 0 Å². The minimum Gasteiger partial charge on any atom is -0.405 e. The summed E-state index contributed by atoms with van der Waals surface area (Å²) in [5.74, 6) is -0.329. The lowest BCUT2D eigenvalue weighted by Crippen LogP contribution is -2.17. The molecule has 2 N–H and O–H groups in total. The fourth-order valence-electron chi connectivity index (χ4n) is 1.69. The molecule has 2 aromatic rings. The first-order chi connectivity index (χ1) is 9.40. The molecule has 0 atom stereocenters. The zero-order valence-corrected chi connectivity index (χ0v) is 10.9. The van der Waals surface area contributed by atoms with Crippen molar-refractivity contribution in [1.29, 1.82) is 0 Å². The van der Waals surface area contributed by atoms with Gasteiger partial charge in [0.05, 0.1) is 5.69 Å². The predicted octanol–water partition coefficient (Wildman–Crippen LogP) is 3.76. The Labute approximate surface area is 118 Å². The van der Waals surface area contributed by atoms with E-state index >= 15 is 0 Å². The number of pyridine rings is 1. The summed E-state index contributed by atoms with van der Waals surface area (Å²) in [6.07, 6.45) is -4.77. The molecule has 0 saturated heterocycles. The molecule has 0 fully saturated rings. The largest absolute Gasteiger partial charge is 0.573 e. The zero-order chi connectivity index (χ0) is 14.8. The van der Waals surface area contributed by atoms with Crippen molar-refractivity contribution in [1.82, 2.24) is 4.98 Å². The lowest BCUT2D eigenvalue weighted by atomic mass is 10.1. The molecule has 20 heavy (non-hydrogen) atoms. The van der Waals surface area contributed by atoms with Gasteiger partial charge in [-0.3, -0.25) is 0 Å². The maximum atomic E-state index is 12.4. The van der Waals surface area contributed by atoms with Crippen molar-refractivity contribution in [2.24, 2.45) is 5.73 Å². The van der Waals surface area contributed by atoms with Crippen LogP contribution in [0.2, 0.25) is 5.15 Å². The monoisotopic (exact) mass is 302 g/mol. The van der Waals surface area contributed by atoms with Crippen LogP contribution in [-0.4, -0.2) is 11.3 Å². The molecular weight excluding hydrogens is 293 g/mol. The van der Waals surface area contributed by atoms with Gasteiger partial charge in [0.1, 0.15) is 10.9 Å². The second-order valence-corrected chi connectivity index (χ2v) is 4.25. The number of benzene rings is 1. The molecule has 0 spiro atoms. The number of hydrogen-bond acceptors (Lipinski definition) is 3. The van der Waals surface area contributed by atoms with Crippen LogP contribution in [0, 0.1) is 0 Å². The van der Waals surface area contributed by atoms with E-state index in [1.165, 1.54) is 18.2 Å². The smallest absolute Gasteiger partial charge is 0.405 e. The Morgan fingerprint density at radius 3 is 2.40 bits per heavy atom. The summed E-state index contributed by atoms with van der Waals surface area (Å²) in [4.78, 5) is 4.01. The molecule has 7 heteroatoms. The van der Waals surface area contributed by atoms with Crippen LogP contribution in [0.4, 0.5) is 13.2 Å². The molecule has 0 unspecified atom stereocenters. The zero-order valence-electron chi connectivity index (χ0n) is 10.1. The molecule has 0 bridgehead atoms. The summed E-state index contributed by atoms with van der Waals surface area (Å²) in [5.41, 5.74) is 6.54. The first kappa shape index (κ1) is 14.6. The Bertz CT molecular complexity index is 617. The quantitative estimate of drug-likeness (QED) is 0.878. The van der Waals surface area contributed by atoms with E-state index in [2.05, 4.69) is 9.72 Å². The van der Waals surface area contributed by atoms with Gasteiger partial charge in [0.25, 0.3) is 0 Å². The second kappa shape index (κ2) is 5.68. The lowest BCUT2D eigenvalue weighted by Gasteiger charge is -2.14. The van der Waals surface area contributed by atoms with E-state index in [9.17, 15) is 13.2 Å². The minimum atomic E-state index is -4.77. The van der Waals surface area contributed by atoms with Crippen molar-refractivity contribution >= 4 is 11.6 Å². The molecule has 0 saturated carbocycles. The lowest BCUT2D eigenvalue weighted by molar-refractivity contribution is -0.274. The summed E-state index contributed by atoms with van der Waals surface area (Å²) >= 11 is 5.98. The number of para-hydroxylation sites is 1. The molecule has 1 heterocycles. The molecule has 3 nitrogen and oxygen atoms in total. The van der Waals surface area contributed by atoms with Crippen molar-refractivity contribution < 1.29 is 17.9 Å². The highest BCUT2D eigenvalue weighted by Gasteiger charge is 2.32. The van der Waals surface area contributed by atoms with Gasteiger partial charge in [0.15, 0.2) is 0 Å². The summed E-state index contributed by atoms with van der Waals surface area (Å²) in [7, 11) is 0. The Hall–Kier alpha value is -1.79. The fraction of sp³-hybridized carbons (Fsp3) is 0.154. The van der Waals surface area contributed by atoms with Gasteiger partial charge in [-0.2, -0.15) is 0 Å².